The maximum Gasteiger partial charge on any atom is 0.0625 e. The molecule has 0 amide bonds. The van der Waals surface area contributed by atoms with E-state index in [1.54, 1.807) is 0 Å². The van der Waals surface area contributed by atoms with Gasteiger partial charge < -0.3 is 9.80 Å². The summed E-state index contributed by atoms with van der Waals surface area (Å²) in [6.07, 6.45) is 1.24. The Labute approximate surface area is 126 Å². The third-order valence-corrected chi connectivity index (χ3v) is 6.59. The van der Waals surface area contributed by atoms with E-state index in [0.717, 1.165) is 23.7 Å². The predicted octanol–water partition coefficient (Wildman–Crippen LogP) is 2.69. The normalized spacial score (nSPS) is 32.4. The van der Waals surface area contributed by atoms with Gasteiger partial charge in [0.25, 0.3) is 0 Å². The van der Waals surface area contributed by atoms with Crippen LogP contribution in [-0.4, -0.2) is 46.6 Å². The molecule has 4 heteroatoms. The zero-order valence-corrected chi connectivity index (χ0v) is 13.0. The highest BCUT2D eigenvalue weighted by atomic mass is 32.2. The first kappa shape index (κ1) is 12.8. The van der Waals surface area contributed by atoms with Crippen molar-refractivity contribution in [3.63, 3.8) is 0 Å². The third kappa shape index (κ3) is 1.70. The molecule has 112 valence electrons. The number of anilines is 1. The fourth-order valence-electron chi connectivity index (χ4n) is 4.18. The molecule has 0 spiro atoms. The molecule has 3 atom stereocenters. The number of para-hydroxylation sites is 1. The van der Waals surface area contributed by atoms with Gasteiger partial charge >= 0.3 is 0 Å². The molecule has 0 aromatic heterocycles. The number of hydrogen-bond acceptors (Lipinski definition) is 3. The fourth-order valence-corrected chi connectivity index (χ4v) is 5.44. The molecule has 0 N–H and O–H groups in total. The van der Waals surface area contributed by atoms with Crippen molar-refractivity contribution < 1.29 is 7.06 Å². The molecular formula is C16H26N2OS. The van der Waals surface area contributed by atoms with Crippen LogP contribution in [0.1, 0.15) is 34.6 Å². The highest BCUT2D eigenvalue weighted by molar-refractivity contribution is 7.85. The lowest BCUT2D eigenvalue weighted by Gasteiger charge is -2.41. The number of rotatable bonds is 1. The maximum atomic E-state index is 12.3. The standard InChI is InChI=1S/C16H22N2OS.2H2/c1-11(2)17-7-6-14-13(10-17)12-4-3-5-15-16(12)18(14)8-9-20(15)19;;/h3-5,11,13-14H,6-10H2,1-2H3;2*1H. The topological polar surface area (TPSA) is 23.6 Å². The Morgan fingerprint density at radius 3 is 3.00 bits per heavy atom. The summed E-state index contributed by atoms with van der Waals surface area (Å²) in [6, 6.07) is 7.70. The quantitative estimate of drug-likeness (QED) is 0.795. The van der Waals surface area contributed by atoms with E-state index in [4.69, 9.17) is 0 Å². The van der Waals surface area contributed by atoms with Crippen LogP contribution in [0, 0.1) is 0 Å². The van der Waals surface area contributed by atoms with E-state index in [1.165, 1.54) is 24.2 Å². The molecule has 20 heavy (non-hydrogen) atoms. The van der Waals surface area contributed by atoms with Gasteiger partial charge in [-0.05, 0) is 31.9 Å². The number of likely N-dealkylation sites (tertiary alicyclic amines) is 1. The smallest absolute Gasteiger partial charge is 0.0625 e. The molecule has 0 radical (unpaired) electrons. The summed E-state index contributed by atoms with van der Waals surface area (Å²) >= 11 is 0. The summed E-state index contributed by atoms with van der Waals surface area (Å²) < 4.78 is 12.3. The average Bonchev–Trinajstić information content (AvgIpc) is 2.78. The van der Waals surface area contributed by atoms with E-state index in [0.29, 0.717) is 18.0 Å². The molecule has 4 rings (SSSR count). The van der Waals surface area contributed by atoms with Crippen molar-refractivity contribution in [2.75, 3.05) is 30.3 Å². The molecular weight excluding hydrogens is 268 g/mol. The summed E-state index contributed by atoms with van der Waals surface area (Å²) in [5.74, 6) is 1.41. The van der Waals surface area contributed by atoms with E-state index >= 15 is 0 Å². The first-order valence-electron chi connectivity index (χ1n) is 7.69. The molecule has 1 fully saturated rings. The Morgan fingerprint density at radius 1 is 1.35 bits per heavy atom. The first-order valence-corrected chi connectivity index (χ1v) is 9.00. The summed E-state index contributed by atoms with van der Waals surface area (Å²) in [4.78, 5) is 6.24. The van der Waals surface area contributed by atoms with Crippen LogP contribution in [0.2, 0.25) is 0 Å². The van der Waals surface area contributed by atoms with Crippen molar-refractivity contribution in [1.82, 2.24) is 4.90 Å². The van der Waals surface area contributed by atoms with Gasteiger partial charge in [0, 0.05) is 46.2 Å². The Hall–Kier alpha value is -0.870. The van der Waals surface area contributed by atoms with Gasteiger partial charge in [0.15, 0.2) is 0 Å². The SMILES string of the molecule is CC(C)N1CCC2C(C1)c1cccc3c1N2CCS3=O.[HH].[HH]. The molecule has 3 aliphatic heterocycles. The summed E-state index contributed by atoms with van der Waals surface area (Å²) in [5.41, 5.74) is 2.77. The number of piperidine rings is 1. The number of nitrogens with zero attached hydrogens (tertiary/aromatic N) is 2. The molecule has 3 unspecified atom stereocenters. The van der Waals surface area contributed by atoms with Crippen LogP contribution in [0.3, 0.4) is 0 Å². The van der Waals surface area contributed by atoms with Gasteiger partial charge in [-0.25, -0.2) is 0 Å². The van der Waals surface area contributed by atoms with E-state index in [1.807, 2.05) is 0 Å². The van der Waals surface area contributed by atoms with Crippen LogP contribution in [0.4, 0.5) is 5.69 Å². The van der Waals surface area contributed by atoms with Crippen LogP contribution in [0.5, 0.6) is 0 Å². The largest absolute Gasteiger partial charge is 0.366 e. The van der Waals surface area contributed by atoms with Gasteiger partial charge in [0.1, 0.15) is 0 Å². The number of hydrogen-bond donors (Lipinski definition) is 0. The predicted molar refractivity (Wildman–Crippen MR) is 87.1 cm³/mol. The van der Waals surface area contributed by atoms with Crippen LogP contribution >= 0.6 is 0 Å². The van der Waals surface area contributed by atoms with Crippen molar-refractivity contribution in [3.8, 4) is 0 Å². The Balaban J connectivity index is 0.000000882. The second-order valence-electron chi connectivity index (χ2n) is 6.49. The Bertz CT molecular complexity index is 581. The van der Waals surface area contributed by atoms with Gasteiger partial charge in [-0.3, -0.25) is 4.21 Å². The van der Waals surface area contributed by atoms with Crippen molar-refractivity contribution in [2.45, 2.75) is 43.2 Å². The molecule has 3 heterocycles. The molecule has 1 saturated heterocycles. The van der Waals surface area contributed by atoms with Gasteiger partial charge in [0.05, 0.1) is 21.4 Å². The fraction of sp³-hybridized carbons (Fsp3) is 0.625. The molecule has 0 aliphatic carbocycles. The van der Waals surface area contributed by atoms with Crippen LogP contribution in [0.25, 0.3) is 0 Å². The zero-order valence-electron chi connectivity index (χ0n) is 12.2. The lowest BCUT2D eigenvalue weighted by molar-refractivity contribution is 0.157. The number of benzene rings is 1. The Kier molecular flexibility index (Phi) is 2.93. The van der Waals surface area contributed by atoms with Gasteiger partial charge in [-0.1, -0.05) is 12.1 Å². The van der Waals surface area contributed by atoms with E-state index < -0.39 is 10.8 Å². The van der Waals surface area contributed by atoms with Crippen molar-refractivity contribution >= 4 is 16.5 Å². The molecule has 0 bridgehead atoms. The van der Waals surface area contributed by atoms with Crippen molar-refractivity contribution in [2.24, 2.45) is 0 Å². The van der Waals surface area contributed by atoms with Crippen LogP contribution < -0.4 is 4.90 Å². The highest BCUT2D eigenvalue weighted by Crippen LogP contribution is 2.48. The van der Waals surface area contributed by atoms with E-state index in [9.17, 15) is 4.21 Å². The summed E-state index contributed by atoms with van der Waals surface area (Å²) in [5, 5.41) is 0. The zero-order chi connectivity index (χ0) is 13.9. The minimum absolute atomic E-state index is 0. The maximum absolute atomic E-state index is 12.3. The van der Waals surface area contributed by atoms with Gasteiger partial charge in [-0.2, -0.15) is 0 Å². The van der Waals surface area contributed by atoms with Crippen LogP contribution in [-0.2, 0) is 10.8 Å². The van der Waals surface area contributed by atoms with E-state index in [-0.39, 0.29) is 2.85 Å². The van der Waals surface area contributed by atoms with Crippen molar-refractivity contribution in [3.05, 3.63) is 23.8 Å². The first-order chi connectivity index (χ1) is 9.66. The second kappa shape index (κ2) is 4.57. The highest BCUT2D eigenvalue weighted by Gasteiger charge is 2.45. The lowest BCUT2D eigenvalue weighted by Crippen LogP contribution is -2.49. The van der Waals surface area contributed by atoms with E-state index in [2.05, 4.69) is 41.8 Å². The molecule has 3 aliphatic rings. The molecule has 0 saturated carbocycles. The molecule has 3 nitrogen and oxygen atoms in total. The average molecular weight is 294 g/mol. The summed E-state index contributed by atoms with van der Waals surface area (Å²) in [7, 11) is -0.792. The lowest BCUT2D eigenvalue weighted by atomic mass is 9.88. The van der Waals surface area contributed by atoms with Gasteiger partial charge in [0.2, 0.25) is 0 Å². The Morgan fingerprint density at radius 2 is 2.20 bits per heavy atom. The minimum Gasteiger partial charge on any atom is -0.366 e. The monoisotopic (exact) mass is 294 g/mol. The minimum atomic E-state index is -0.792. The molecule has 1 aromatic carbocycles. The second-order valence-corrected chi connectivity index (χ2v) is 8.03. The molecule has 1 aromatic rings. The number of fused-ring (bicyclic) bond motifs is 3. The third-order valence-electron chi connectivity index (χ3n) is 5.22. The summed E-state index contributed by atoms with van der Waals surface area (Å²) in [6.45, 7) is 7.90. The van der Waals surface area contributed by atoms with Crippen molar-refractivity contribution in [1.29, 1.82) is 0 Å². The van der Waals surface area contributed by atoms with Crippen LogP contribution in [0.15, 0.2) is 23.1 Å². The van der Waals surface area contributed by atoms with Gasteiger partial charge in [-0.15, -0.1) is 0 Å².